The first-order valence-corrected chi connectivity index (χ1v) is 6.28. The van der Waals surface area contributed by atoms with Gasteiger partial charge in [0, 0.05) is 12.7 Å². The van der Waals surface area contributed by atoms with Gasteiger partial charge in [0.25, 0.3) is 0 Å². The predicted molar refractivity (Wildman–Crippen MR) is 79.8 cm³/mol. The van der Waals surface area contributed by atoms with Crippen LogP contribution in [0, 0.1) is 0 Å². The zero-order valence-electron chi connectivity index (χ0n) is 11.0. The zero-order chi connectivity index (χ0) is 13.9. The summed E-state index contributed by atoms with van der Waals surface area (Å²) in [5, 5.41) is 5.51. The molecule has 100 valence electrons. The van der Waals surface area contributed by atoms with Crippen LogP contribution in [0.1, 0.15) is 0 Å². The molecule has 0 atom stereocenters. The van der Waals surface area contributed by atoms with Crippen LogP contribution in [0.3, 0.4) is 0 Å². The average Bonchev–Trinajstić information content (AvgIpc) is 2.77. The van der Waals surface area contributed by atoms with Gasteiger partial charge in [-0.1, -0.05) is 30.3 Å². The Morgan fingerprint density at radius 3 is 2.45 bits per heavy atom. The van der Waals surface area contributed by atoms with Crippen LogP contribution in [0.25, 0.3) is 11.0 Å². The van der Waals surface area contributed by atoms with Crippen LogP contribution in [0.5, 0.6) is 0 Å². The Balaban J connectivity index is 1.79. The van der Waals surface area contributed by atoms with Gasteiger partial charge in [-0.3, -0.25) is 5.32 Å². The van der Waals surface area contributed by atoms with Gasteiger partial charge in [-0.05, 0) is 24.3 Å². The van der Waals surface area contributed by atoms with Gasteiger partial charge in [-0.25, -0.2) is 9.78 Å². The highest BCUT2D eigenvalue weighted by Crippen LogP contribution is 2.17. The van der Waals surface area contributed by atoms with E-state index in [1.54, 1.807) is 0 Å². The number of hydrogen-bond donors (Lipinski definition) is 2. The van der Waals surface area contributed by atoms with Gasteiger partial charge >= 0.3 is 6.03 Å². The van der Waals surface area contributed by atoms with Crippen molar-refractivity contribution in [2.24, 2.45) is 7.05 Å². The number of amides is 2. The summed E-state index contributed by atoms with van der Waals surface area (Å²) in [7, 11) is 1.87. The van der Waals surface area contributed by atoms with E-state index in [1.807, 2.05) is 66.2 Å². The fraction of sp³-hybridized carbons (Fsp3) is 0.0667. The van der Waals surface area contributed by atoms with Crippen LogP contribution >= 0.6 is 0 Å². The van der Waals surface area contributed by atoms with E-state index in [0.717, 1.165) is 16.7 Å². The molecule has 0 saturated heterocycles. The number of nitrogens with zero attached hydrogens (tertiary/aromatic N) is 2. The lowest BCUT2D eigenvalue weighted by atomic mass is 10.3. The van der Waals surface area contributed by atoms with Crippen LogP contribution in [0.2, 0.25) is 0 Å². The Hall–Kier alpha value is -2.82. The molecule has 5 nitrogen and oxygen atoms in total. The highest BCUT2D eigenvalue weighted by Gasteiger charge is 2.10. The number of carbonyl (C=O) groups is 1. The molecule has 0 saturated carbocycles. The van der Waals surface area contributed by atoms with Crippen molar-refractivity contribution in [2.45, 2.75) is 0 Å². The summed E-state index contributed by atoms with van der Waals surface area (Å²) < 4.78 is 1.85. The number of aryl methyl sites for hydroxylation is 1. The fourth-order valence-electron chi connectivity index (χ4n) is 2.04. The van der Waals surface area contributed by atoms with Crippen molar-refractivity contribution in [1.29, 1.82) is 0 Å². The number of benzene rings is 2. The lowest BCUT2D eigenvalue weighted by Gasteiger charge is -2.07. The Bertz CT molecular complexity index is 749. The summed E-state index contributed by atoms with van der Waals surface area (Å²) in [5.41, 5.74) is 2.57. The number of carbonyl (C=O) groups excluding carboxylic acids is 1. The van der Waals surface area contributed by atoms with Crippen LogP contribution in [0.15, 0.2) is 54.6 Å². The number of hydrogen-bond acceptors (Lipinski definition) is 2. The molecule has 1 aromatic heterocycles. The maximum Gasteiger partial charge on any atom is 0.326 e. The first kappa shape index (κ1) is 12.2. The Kier molecular flexibility index (Phi) is 3.09. The molecule has 20 heavy (non-hydrogen) atoms. The number of fused-ring (bicyclic) bond motifs is 1. The summed E-state index contributed by atoms with van der Waals surface area (Å²) in [6.45, 7) is 0. The largest absolute Gasteiger partial charge is 0.326 e. The van der Waals surface area contributed by atoms with Crippen molar-refractivity contribution in [1.82, 2.24) is 9.55 Å². The molecule has 1 heterocycles. The van der Waals surface area contributed by atoms with E-state index in [2.05, 4.69) is 15.6 Å². The highest BCUT2D eigenvalue weighted by molar-refractivity contribution is 5.99. The minimum atomic E-state index is -0.311. The van der Waals surface area contributed by atoms with Crippen molar-refractivity contribution in [2.75, 3.05) is 10.6 Å². The number of nitrogens with one attached hydrogen (secondary N) is 2. The van der Waals surface area contributed by atoms with Crippen LogP contribution in [-0.4, -0.2) is 15.6 Å². The molecule has 3 aromatic rings. The molecule has 3 rings (SSSR count). The monoisotopic (exact) mass is 266 g/mol. The Morgan fingerprint density at radius 1 is 1.00 bits per heavy atom. The van der Waals surface area contributed by atoms with Gasteiger partial charge in [-0.15, -0.1) is 0 Å². The van der Waals surface area contributed by atoms with E-state index in [9.17, 15) is 4.79 Å². The second-order valence-corrected chi connectivity index (χ2v) is 4.43. The summed E-state index contributed by atoms with van der Waals surface area (Å²) in [6.07, 6.45) is 0. The maximum atomic E-state index is 11.9. The van der Waals surface area contributed by atoms with Crippen LogP contribution in [-0.2, 0) is 7.05 Å². The predicted octanol–water partition coefficient (Wildman–Crippen LogP) is 3.22. The third kappa shape index (κ3) is 2.33. The number of rotatable bonds is 2. The molecule has 2 aromatic carbocycles. The normalized spacial score (nSPS) is 10.4. The summed E-state index contributed by atoms with van der Waals surface area (Å²) in [4.78, 5) is 16.3. The van der Waals surface area contributed by atoms with Gasteiger partial charge in [0.1, 0.15) is 0 Å². The molecule has 0 aliphatic carbocycles. The van der Waals surface area contributed by atoms with Crippen molar-refractivity contribution in [3.05, 3.63) is 54.6 Å². The third-order valence-corrected chi connectivity index (χ3v) is 3.04. The van der Waals surface area contributed by atoms with E-state index in [4.69, 9.17) is 0 Å². The van der Waals surface area contributed by atoms with Gasteiger partial charge < -0.3 is 9.88 Å². The van der Waals surface area contributed by atoms with Gasteiger partial charge in [-0.2, -0.15) is 0 Å². The molecule has 0 unspecified atom stereocenters. The van der Waals surface area contributed by atoms with E-state index >= 15 is 0 Å². The molecule has 0 bridgehead atoms. The Morgan fingerprint density at radius 2 is 1.70 bits per heavy atom. The van der Waals surface area contributed by atoms with Crippen molar-refractivity contribution in [3.63, 3.8) is 0 Å². The van der Waals surface area contributed by atoms with Crippen LogP contribution in [0.4, 0.5) is 16.4 Å². The lowest BCUT2D eigenvalue weighted by molar-refractivity contribution is 0.262. The molecule has 0 fully saturated rings. The minimum absolute atomic E-state index is 0.311. The quantitative estimate of drug-likeness (QED) is 0.748. The van der Waals surface area contributed by atoms with Gasteiger partial charge in [0.05, 0.1) is 11.0 Å². The molecule has 5 heteroatoms. The molecular weight excluding hydrogens is 252 g/mol. The minimum Gasteiger partial charge on any atom is -0.313 e. The van der Waals surface area contributed by atoms with E-state index < -0.39 is 0 Å². The molecular formula is C15H14N4O. The summed E-state index contributed by atoms with van der Waals surface area (Å²) in [5.74, 6) is 0.514. The number of anilines is 2. The van der Waals surface area contributed by atoms with Crippen molar-refractivity contribution < 1.29 is 4.79 Å². The molecule has 2 amide bonds. The molecule has 2 N–H and O–H groups in total. The van der Waals surface area contributed by atoms with Crippen molar-refractivity contribution >= 4 is 28.7 Å². The zero-order valence-corrected chi connectivity index (χ0v) is 11.0. The SMILES string of the molecule is Cn1c(NC(=O)Nc2ccccc2)nc2ccccc21. The van der Waals surface area contributed by atoms with Gasteiger partial charge in [0.15, 0.2) is 0 Å². The van der Waals surface area contributed by atoms with E-state index in [0.29, 0.717) is 5.95 Å². The smallest absolute Gasteiger partial charge is 0.313 e. The average molecular weight is 266 g/mol. The molecule has 0 aliphatic heterocycles. The van der Waals surface area contributed by atoms with E-state index in [-0.39, 0.29) is 6.03 Å². The first-order chi connectivity index (χ1) is 9.74. The number of para-hydroxylation sites is 3. The topological polar surface area (TPSA) is 59.0 Å². The first-order valence-electron chi connectivity index (χ1n) is 6.28. The maximum absolute atomic E-state index is 11.9. The third-order valence-electron chi connectivity index (χ3n) is 3.04. The van der Waals surface area contributed by atoms with E-state index in [1.165, 1.54) is 0 Å². The summed E-state index contributed by atoms with van der Waals surface area (Å²) >= 11 is 0. The number of aromatic nitrogens is 2. The standard InChI is InChI=1S/C15H14N4O/c1-19-13-10-6-5-9-12(13)17-14(19)18-15(20)16-11-7-3-2-4-8-11/h2-10H,1H3,(H2,16,17,18,20). The lowest BCUT2D eigenvalue weighted by Crippen LogP contribution is -2.21. The second kappa shape index (κ2) is 5.05. The second-order valence-electron chi connectivity index (χ2n) is 4.43. The molecule has 0 aliphatic rings. The molecule has 0 radical (unpaired) electrons. The molecule has 0 spiro atoms. The summed E-state index contributed by atoms with van der Waals surface area (Å²) in [6, 6.07) is 16.7. The highest BCUT2D eigenvalue weighted by atomic mass is 16.2. The van der Waals surface area contributed by atoms with Gasteiger partial charge in [0.2, 0.25) is 5.95 Å². The van der Waals surface area contributed by atoms with Crippen molar-refractivity contribution in [3.8, 4) is 0 Å². The number of urea groups is 1. The van der Waals surface area contributed by atoms with Crippen LogP contribution < -0.4 is 10.6 Å². The fourth-order valence-corrected chi connectivity index (χ4v) is 2.04. The Labute approximate surface area is 116 Å². The number of imidazole rings is 1.